The fraction of sp³-hybridized carbons (Fsp3) is 0.538. The van der Waals surface area contributed by atoms with Crippen molar-refractivity contribution in [1.29, 1.82) is 0 Å². The van der Waals surface area contributed by atoms with Gasteiger partial charge < -0.3 is 9.09 Å². The molecule has 1 aliphatic heterocycles. The molecule has 0 atom stereocenters. The second kappa shape index (κ2) is 5.61. The maximum absolute atomic E-state index is 11.9. The lowest BCUT2D eigenvalue weighted by Gasteiger charge is -2.17. The number of sulfonamides is 1. The Hall–Kier alpha value is -1.67. The number of rotatable bonds is 5. The molecule has 0 aromatic carbocycles. The maximum atomic E-state index is 11.9. The highest BCUT2D eigenvalue weighted by Crippen LogP contribution is 2.17. The minimum absolute atomic E-state index is 0.192. The Morgan fingerprint density at radius 3 is 2.81 bits per heavy atom. The maximum Gasteiger partial charge on any atom is 0.211 e. The van der Waals surface area contributed by atoms with Gasteiger partial charge in [-0.15, -0.1) is 0 Å². The third kappa shape index (κ3) is 3.33. The molecule has 0 N–H and O–H groups in total. The Labute approximate surface area is 123 Å². The Balaban J connectivity index is 1.79. The summed E-state index contributed by atoms with van der Waals surface area (Å²) >= 11 is 0. The van der Waals surface area contributed by atoms with Gasteiger partial charge in [-0.25, -0.2) is 13.4 Å². The van der Waals surface area contributed by atoms with Gasteiger partial charge in [-0.1, -0.05) is 5.16 Å². The molecular weight excluding hydrogens is 292 g/mol. The van der Waals surface area contributed by atoms with Crippen LogP contribution in [0.15, 0.2) is 23.0 Å². The summed E-state index contributed by atoms with van der Waals surface area (Å²) in [6.07, 6.45) is 7.84. The largest absolute Gasteiger partial charge is 0.364 e. The molecule has 7 nitrogen and oxygen atoms in total. The van der Waals surface area contributed by atoms with Crippen LogP contribution in [0.2, 0.25) is 0 Å². The summed E-state index contributed by atoms with van der Waals surface area (Å²) in [5.74, 6) is 1.05. The molecule has 8 heteroatoms. The molecule has 2 aromatic heterocycles. The fourth-order valence-corrected chi connectivity index (χ4v) is 3.25. The van der Waals surface area contributed by atoms with Crippen LogP contribution in [0.25, 0.3) is 0 Å². The van der Waals surface area contributed by atoms with E-state index in [2.05, 4.69) is 14.7 Å². The third-order valence-corrected chi connectivity index (χ3v) is 4.79. The van der Waals surface area contributed by atoms with Crippen LogP contribution in [0.1, 0.15) is 30.1 Å². The van der Waals surface area contributed by atoms with Crippen LogP contribution in [0, 0.1) is 0 Å². The van der Waals surface area contributed by atoms with Crippen molar-refractivity contribution in [1.82, 2.24) is 19.0 Å². The molecule has 114 valence electrons. The van der Waals surface area contributed by atoms with Crippen molar-refractivity contribution in [3.05, 3.63) is 35.7 Å². The normalized spacial score (nSPS) is 15.3. The van der Waals surface area contributed by atoms with Gasteiger partial charge in [0.05, 0.1) is 30.7 Å². The molecule has 0 amide bonds. The summed E-state index contributed by atoms with van der Waals surface area (Å²) < 4.78 is 32.1. The Bertz CT molecular complexity index is 682. The van der Waals surface area contributed by atoms with Gasteiger partial charge in [0.25, 0.3) is 0 Å². The number of aromatic nitrogens is 3. The van der Waals surface area contributed by atoms with Gasteiger partial charge in [0.15, 0.2) is 0 Å². The van der Waals surface area contributed by atoms with E-state index in [1.165, 1.54) is 16.8 Å². The van der Waals surface area contributed by atoms with Gasteiger partial charge in [-0.05, 0) is 12.8 Å². The molecule has 0 bridgehead atoms. The second-order valence-electron chi connectivity index (χ2n) is 5.32. The van der Waals surface area contributed by atoms with E-state index in [9.17, 15) is 8.42 Å². The van der Waals surface area contributed by atoms with Crippen LogP contribution in [0.5, 0.6) is 0 Å². The predicted molar refractivity (Wildman–Crippen MR) is 75.8 cm³/mol. The van der Waals surface area contributed by atoms with Gasteiger partial charge in [0.1, 0.15) is 12.1 Å². The van der Waals surface area contributed by atoms with Gasteiger partial charge in [-0.3, -0.25) is 0 Å². The lowest BCUT2D eigenvalue weighted by atomic mass is 10.2. The average Bonchev–Trinajstić information content (AvgIpc) is 3.04. The molecule has 0 spiro atoms. The van der Waals surface area contributed by atoms with Crippen LogP contribution in [-0.2, 0) is 36.1 Å². The zero-order valence-corrected chi connectivity index (χ0v) is 12.7. The van der Waals surface area contributed by atoms with Gasteiger partial charge in [0.2, 0.25) is 10.0 Å². The summed E-state index contributed by atoms with van der Waals surface area (Å²) in [5, 5.41) is 3.77. The van der Waals surface area contributed by atoms with Gasteiger partial charge in [-0.2, -0.15) is 4.31 Å². The van der Waals surface area contributed by atoms with Crippen molar-refractivity contribution in [3.63, 3.8) is 0 Å². The summed E-state index contributed by atoms with van der Waals surface area (Å²) in [7, 11) is -3.34. The predicted octanol–water partition coefficient (Wildman–Crippen LogP) is 1.17. The van der Waals surface area contributed by atoms with Crippen LogP contribution >= 0.6 is 0 Å². The van der Waals surface area contributed by atoms with E-state index in [0.717, 1.165) is 37.3 Å². The van der Waals surface area contributed by atoms with E-state index in [0.29, 0.717) is 5.69 Å². The molecule has 21 heavy (non-hydrogen) atoms. The number of imidazole rings is 1. The van der Waals surface area contributed by atoms with E-state index in [1.807, 2.05) is 6.20 Å². The minimum atomic E-state index is -3.34. The zero-order valence-electron chi connectivity index (χ0n) is 11.9. The summed E-state index contributed by atoms with van der Waals surface area (Å²) in [5.41, 5.74) is 1.37. The molecule has 0 unspecified atom stereocenters. The van der Waals surface area contributed by atoms with Crippen LogP contribution in [0.3, 0.4) is 0 Å². The number of aryl methyl sites for hydroxylation is 2. The van der Waals surface area contributed by atoms with Crippen molar-refractivity contribution in [2.24, 2.45) is 0 Å². The number of fused-ring (bicyclic) bond motifs is 1. The number of nitrogens with zero attached hydrogens (tertiary/aromatic N) is 4. The first-order chi connectivity index (χ1) is 10.0. The lowest BCUT2D eigenvalue weighted by Crippen LogP contribution is -2.29. The highest BCUT2D eigenvalue weighted by molar-refractivity contribution is 7.88. The standard InChI is InChI=1S/C13H18N4O3S/c1-21(18,19)17(9-11-5-7-20-15-11)10-12-8-16-6-3-2-4-13(16)14-12/h5,7-8H,2-4,6,9-10H2,1H3. The first-order valence-electron chi connectivity index (χ1n) is 6.92. The third-order valence-electron chi connectivity index (χ3n) is 3.60. The highest BCUT2D eigenvalue weighted by Gasteiger charge is 2.21. The van der Waals surface area contributed by atoms with E-state index < -0.39 is 10.0 Å². The molecular formula is C13H18N4O3S. The van der Waals surface area contributed by atoms with Crippen LogP contribution < -0.4 is 0 Å². The van der Waals surface area contributed by atoms with Crippen molar-refractivity contribution >= 4 is 10.0 Å². The highest BCUT2D eigenvalue weighted by atomic mass is 32.2. The summed E-state index contributed by atoms with van der Waals surface area (Å²) in [4.78, 5) is 4.55. The Morgan fingerprint density at radius 2 is 2.14 bits per heavy atom. The molecule has 3 rings (SSSR count). The molecule has 0 fully saturated rings. The van der Waals surface area contributed by atoms with Crippen molar-refractivity contribution < 1.29 is 12.9 Å². The summed E-state index contributed by atoms with van der Waals surface area (Å²) in [6, 6.07) is 1.66. The van der Waals surface area contributed by atoms with E-state index in [4.69, 9.17) is 4.52 Å². The quantitative estimate of drug-likeness (QED) is 0.828. The van der Waals surface area contributed by atoms with Gasteiger partial charge >= 0.3 is 0 Å². The first kappa shape index (κ1) is 14.3. The van der Waals surface area contributed by atoms with E-state index in [1.54, 1.807) is 6.07 Å². The lowest BCUT2D eigenvalue weighted by molar-refractivity contribution is 0.368. The van der Waals surface area contributed by atoms with Crippen LogP contribution in [-0.4, -0.2) is 33.7 Å². The van der Waals surface area contributed by atoms with Crippen molar-refractivity contribution in [2.45, 2.75) is 38.9 Å². The topological polar surface area (TPSA) is 81.2 Å². The molecule has 0 saturated carbocycles. The van der Waals surface area contributed by atoms with E-state index in [-0.39, 0.29) is 13.1 Å². The van der Waals surface area contributed by atoms with Crippen molar-refractivity contribution in [3.8, 4) is 0 Å². The minimum Gasteiger partial charge on any atom is -0.364 e. The van der Waals surface area contributed by atoms with Crippen LogP contribution in [0.4, 0.5) is 0 Å². The molecule has 0 aliphatic carbocycles. The molecule has 1 aliphatic rings. The fourth-order valence-electron chi connectivity index (χ4n) is 2.52. The molecule has 0 radical (unpaired) electrons. The molecule has 0 saturated heterocycles. The molecule has 2 aromatic rings. The molecule has 3 heterocycles. The average molecular weight is 310 g/mol. The Morgan fingerprint density at radius 1 is 1.33 bits per heavy atom. The first-order valence-corrected chi connectivity index (χ1v) is 8.76. The number of hydrogen-bond acceptors (Lipinski definition) is 5. The summed E-state index contributed by atoms with van der Waals surface area (Å²) in [6.45, 7) is 1.41. The monoisotopic (exact) mass is 310 g/mol. The van der Waals surface area contributed by atoms with E-state index >= 15 is 0 Å². The SMILES string of the molecule is CS(=O)(=O)N(Cc1ccon1)Cc1cn2c(n1)CCCC2. The smallest absolute Gasteiger partial charge is 0.211 e. The second-order valence-corrected chi connectivity index (χ2v) is 7.30. The van der Waals surface area contributed by atoms with Gasteiger partial charge in [0, 0.05) is 25.2 Å². The zero-order chi connectivity index (χ0) is 14.9. The Kier molecular flexibility index (Phi) is 3.81. The van der Waals surface area contributed by atoms with Crippen molar-refractivity contribution in [2.75, 3.05) is 6.26 Å². The number of hydrogen-bond donors (Lipinski definition) is 0.